The second-order valence-electron chi connectivity index (χ2n) is 5.53. The highest BCUT2D eigenvalue weighted by molar-refractivity contribution is 6.07. The summed E-state index contributed by atoms with van der Waals surface area (Å²) >= 11 is 0. The van der Waals surface area contributed by atoms with Crippen molar-refractivity contribution in [2.45, 2.75) is 32.2 Å². The van der Waals surface area contributed by atoms with Crippen molar-refractivity contribution < 1.29 is 4.79 Å². The molecule has 2 aromatic rings. The highest BCUT2D eigenvalue weighted by Gasteiger charge is 2.29. The molecule has 1 saturated heterocycles. The van der Waals surface area contributed by atoms with Gasteiger partial charge in [0.1, 0.15) is 5.82 Å². The number of fused-ring (bicyclic) bond motifs is 1. The van der Waals surface area contributed by atoms with Crippen molar-refractivity contribution in [2.75, 3.05) is 18.9 Å². The summed E-state index contributed by atoms with van der Waals surface area (Å²) in [6, 6.07) is 10.1. The third kappa shape index (κ3) is 2.46. The number of para-hydroxylation sites is 1. The van der Waals surface area contributed by atoms with Crippen LogP contribution in [0.3, 0.4) is 0 Å². The number of hydrogen-bond acceptors (Lipinski definition) is 3. The number of benzene rings is 1. The molecule has 1 N–H and O–H groups in total. The van der Waals surface area contributed by atoms with Gasteiger partial charge < -0.3 is 10.2 Å². The van der Waals surface area contributed by atoms with Crippen molar-refractivity contribution in [3.63, 3.8) is 0 Å². The fraction of sp³-hybridized carbons (Fsp3) is 0.412. The van der Waals surface area contributed by atoms with E-state index in [1.54, 1.807) is 0 Å². The molecule has 1 aliphatic rings. The van der Waals surface area contributed by atoms with E-state index in [2.05, 4.69) is 17.2 Å². The Hall–Kier alpha value is -2.10. The van der Waals surface area contributed by atoms with Crippen LogP contribution in [0.5, 0.6) is 0 Å². The number of nitrogens with zero attached hydrogens (tertiary/aromatic N) is 2. The Morgan fingerprint density at radius 3 is 3.00 bits per heavy atom. The maximum absolute atomic E-state index is 13.0. The summed E-state index contributed by atoms with van der Waals surface area (Å²) in [6.45, 7) is 3.02. The van der Waals surface area contributed by atoms with Crippen molar-refractivity contribution in [1.29, 1.82) is 0 Å². The molecule has 3 rings (SSSR count). The summed E-state index contributed by atoms with van der Waals surface area (Å²) in [6.07, 6.45) is 3.24. The topological polar surface area (TPSA) is 45.2 Å². The minimum absolute atomic E-state index is 0.134. The van der Waals surface area contributed by atoms with Crippen LogP contribution in [0.15, 0.2) is 30.3 Å². The number of hydrogen-bond donors (Lipinski definition) is 1. The van der Waals surface area contributed by atoms with Crippen molar-refractivity contribution in [1.82, 2.24) is 9.88 Å². The normalized spacial score (nSPS) is 18.2. The Morgan fingerprint density at radius 2 is 2.24 bits per heavy atom. The van der Waals surface area contributed by atoms with Gasteiger partial charge in [-0.05, 0) is 31.4 Å². The van der Waals surface area contributed by atoms with Crippen LogP contribution in [0.1, 0.15) is 36.5 Å². The van der Waals surface area contributed by atoms with Crippen LogP contribution in [0.2, 0.25) is 0 Å². The highest BCUT2D eigenvalue weighted by Crippen LogP contribution is 2.27. The van der Waals surface area contributed by atoms with Gasteiger partial charge in [0.15, 0.2) is 0 Å². The van der Waals surface area contributed by atoms with Gasteiger partial charge in [-0.25, -0.2) is 4.98 Å². The number of carbonyl (C=O) groups excluding carboxylic acids is 1. The summed E-state index contributed by atoms with van der Waals surface area (Å²) in [4.78, 5) is 19.5. The number of anilines is 1. The Bertz CT molecular complexity index is 668. The number of pyridine rings is 1. The molecule has 1 aromatic carbocycles. The monoisotopic (exact) mass is 283 g/mol. The lowest BCUT2D eigenvalue weighted by atomic mass is 10.1. The Morgan fingerprint density at radius 1 is 1.43 bits per heavy atom. The van der Waals surface area contributed by atoms with Crippen molar-refractivity contribution >= 4 is 22.6 Å². The molecule has 110 valence electrons. The van der Waals surface area contributed by atoms with Gasteiger partial charge in [0, 0.05) is 25.0 Å². The average Bonchev–Trinajstić information content (AvgIpc) is 3.01. The van der Waals surface area contributed by atoms with Crippen LogP contribution < -0.4 is 5.32 Å². The number of rotatable bonds is 3. The molecule has 0 saturated carbocycles. The van der Waals surface area contributed by atoms with E-state index >= 15 is 0 Å². The number of nitrogens with one attached hydrogen (secondary N) is 1. The van der Waals surface area contributed by atoms with Gasteiger partial charge in [0.05, 0.1) is 11.1 Å². The lowest BCUT2D eigenvalue weighted by molar-refractivity contribution is 0.0735. The molecule has 1 unspecified atom stereocenters. The summed E-state index contributed by atoms with van der Waals surface area (Å²) < 4.78 is 0. The molecule has 4 nitrogen and oxygen atoms in total. The number of amides is 1. The van der Waals surface area contributed by atoms with Crippen molar-refractivity contribution in [2.24, 2.45) is 0 Å². The molecule has 2 heterocycles. The first kappa shape index (κ1) is 13.9. The molecule has 0 bridgehead atoms. The molecule has 21 heavy (non-hydrogen) atoms. The molecular weight excluding hydrogens is 262 g/mol. The maximum Gasteiger partial charge on any atom is 0.254 e. The predicted octanol–water partition coefficient (Wildman–Crippen LogP) is 3.29. The Kier molecular flexibility index (Phi) is 3.78. The molecule has 1 aliphatic heterocycles. The molecule has 4 heteroatoms. The smallest absolute Gasteiger partial charge is 0.254 e. The zero-order valence-electron chi connectivity index (χ0n) is 12.6. The first-order valence-electron chi connectivity index (χ1n) is 7.63. The van der Waals surface area contributed by atoms with Crippen LogP contribution in [0, 0.1) is 0 Å². The standard InChI is InChI=1S/C17H21N3O/c1-3-12-7-6-10-20(12)17(21)14-11-16(18-2)19-15-9-5-4-8-13(14)15/h4-5,8-9,11-12H,3,6-7,10H2,1-2H3,(H,18,19). The van der Waals surface area contributed by atoms with E-state index in [0.717, 1.165) is 48.1 Å². The molecule has 0 radical (unpaired) electrons. The third-order valence-corrected chi connectivity index (χ3v) is 4.31. The van der Waals surface area contributed by atoms with Crippen LogP contribution >= 0.6 is 0 Å². The summed E-state index contributed by atoms with van der Waals surface area (Å²) in [5, 5.41) is 3.98. The van der Waals surface area contributed by atoms with Crippen LogP contribution in [0.25, 0.3) is 10.9 Å². The Balaban J connectivity index is 2.08. The number of aromatic nitrogens is 1. The van der Waals surface area contributed by atoms with Gasteiger partial charge in [0.2, 0.25) is 0 Å². The SMILES string of the molecule is CCC1CCCN1C(=O)c1cc(NC)nc2ccccc12. The lowest BCUT2D eigenvalue weighted by Gasteiger charge is -2.24. The maximum atomic E-state index is 13.0. The largest absolute Gasteiger partial charge is 0.373 e. The van der Waals surface area contributed by atoms with Gasteiger partial charge in [-0.2, -0.15) is 0 Å². The molecule has 1 aromatic heterocycles. The minimum Gasteiger partial charge on any atom is -0.373 e. The molecular formula is C17H21N3O. The van der Waals surface area contributed by atoms with Gasteiger partial charge >= 0.3 is 0 Å². The first-order chi connectivity index (χ1) is 10.2. The van der Waals surface area contributed by atoms with Crippen LogP contribution in [0.4, 0.5) is 5.82 Å². The summed E-state index contributed by atoms with van der Waals surface area (Å²) in [7, 11) is 1.83. The molecule has 0 aliphatic carbocycles. The van der Waals surface area contributed by atoms with Crippen molar-refractivity contribution in [3.05, 3.63) is 35.9 Å². The van der Waals surface area contributed by atoms with Crippen LogP contribution in [-0.2, 0) is 0 Å². The van der Waals surface area contributed by atoms with E-state index < -0.39 is 0 Å². The zero-order chi connectivity index (χ0) is 14.8. The second kappa shape index (κ2) is 5.72. The van der Waals surface area contributed by atoms with E-state index in [-0.39, 0.29) is 5.91 Å². The lowest BCUT2D eigenvalue weighted by Crippen LogP contribution is -2.35. The highest BCUT2D eigenvalue weighted by atomic mass is 16.2. The summed E-state index contributed by atoms with van der Waals surface area (Å²) in [5.41, 5.74) is 1.62. The Labute approximate surface area is 125 Å². The van der Waals surface area contributed by atoms with E-state index in [9.17, 15) is 4.79 Å². The fourth-order valence-corrected chi connectivity index (χ4v) is 3.16. The van der Waals surface area contributed by atoms with E-state index in [1.165, 1.54) is 0 Å². The molecule has 1 amide bonds. The quantitative estimate of drug-likeness (QED) is 0.940. The number of likely N-dealkylation sites (tertiary alicyclic amines) is 1. The average molecular weight is 283 g/mol. The fourth-order valence-electron chi connectivity index (χ4n) is 3.16. The van der Waals surface area contributed by atoms with Gasteiger partial charge in [-0.1, -0.05) is 25.1 Å². The van der Waals surface area contributed by atoms with E-state index in [4.69, 9.17) is 0 Å². The minimum atomic E-state index is 0.134. The van der Waals surface area contributed by atoms with E-state index in [1.807, 2.05) is 42.3 Å². The number of carbonyl (C=O) groups is 1. The second-order valence-corrected chi connectivity index (χ2v) is 5.53. The van der Waals surface area contributed by atoms with E-state index in [0.29, 0.717) is 6.04 Å². The van der Waals surface area contributed by atoms with Gasteiger partial charge in [-0.15, -0.1) is 0 Å². The molecule has 0 spiro atoms. The first-order valence-corrected chi connectivity index (χ1v) is 7.63. The van der Waals surface area contributed by atoms with Gasteiger partial charge in [-0.3, -0.25) is 4.79 Å². The predicted molar refractivity (Wildman–Crippen MR) is 85.6 cm³/mol. The molecule has 1 atom stereocenters. The van der Waals surface area contributed by atoms with Crippen molar-refractivity contribution in [3.8, 4) is 0 Å². The third-order valence-electron chi connectivity index (χ3n) is 4.31. The molecule has 1 fully saturated rings. The summed E-state index contributed by atoms with van der Waals surface area (Å²) in [5.74, 6) is 0.874. The van der Waals surface area contributed by atoms with Crippen LogP contribution in [-0.4, -0.2) is 35.4 Å². The zero-order valence-corrected chi connectivity index (χ0v) is 12.6. The van der Waals surface area contributed by atoms with Gasteiger partial charge in [0.25, 0.3) is 5.91 Å².